The second-order valence-corrected chi connectivity index (χ2v) is 4.45. The molecule has 20 heavy (non-hydrogen) atoms. The number of hydrogen-bond acceptors (Lipinski definition) is 4. The summed E-state index contributed by atoms with van der Waals surface area (Å²) in [5.41, 5.74) is 1.23. The summed E-state index contributed by atoms with van der Waals surface area (Å²) >= 11 is 0. The Morgan fingerprint density at radius 1 is 1.15 bits per heavy atom. The summed E-state index contributed by atoms with van der Waals surface area (Å²) in [7, 11) is 1.64. The van der Waals surface area contributed by atoms with Gasteiger partial charge in [-0.3, -0.25) is 0 Å². The van der Waals surface area contributed by atoms with Crippen molar-refractivity contribution in [2.24, 2.45) is 4.99 Å². The lowest BCUT2D eigenvalue weighted by molar-refractivity contribution is -0.130. The maximum atomic E-state index is 11.6. The zero-order valence-corrected chi connectivity index (χ0v) is 11.2. The third-order valence-electron chi connectivity index (χ3n) is 3.16. The number of aliphatic imine (C=N–C) groups is 1. The number of methoxy groups -OCH3 is 1. The van der Waals surface area contributed by atoms with E-state index in [4.69, 9.17) is 9.47 Å². The van der Waals surface area contributed by atoms with Crippen LogP contribution in [0.5, 0.6) is 5.75 Å². The predicted octanol–water partition coefficient (Wildman–Crippen LogP) is 3.16. The largest absolute Gasteiger partial charge is 0.496 e. The van der Waals surface area contributed by atoms with Crippen LogP contribution in [0.4, 0.5) is 0 Å². The van der Waals surface area contributed by atoms with Crippen LogP contribution in [0.2, 0.25) is 0 Å². The molecule has 0 bridgehead atoms. The fraction of sp³-hybridized carbons (Fsp3) is 0.125. The van der Waals surface area contributed by atoms with Crippen molar-refractivity contribution >= 4 is 28.7 Å². The molecule has 1 heterocycles. The molecule has 0 unspecified atom stereocenters. The monoisotopic (exact) mass is 267 g/mol. The van der Waals surface area contributed by atoms with E-state index < -0.39 is 5.97 Å². The number of carbonyl (C=O) groups is 1. The molecular formula is C16H13NO3. The molecule has 0 radical (unpaired) electrons. The summed E-state index contributed by atoms with van der Waals surface area (Å²) in [6, 6.07) is 11.7. The van der Waals surface area contributed by atoms with Crippen LogP contribution in [-0.2, 0) is 9.53 Å². The molecule has 0 aliphatic carbocycles. The highest BCUT2D eigenvalue weighted by atomic mass is 16.6. The van der Waals surface area contributed by atoms with Crippen molar-refractivity contribution in [3.05, 3.63) is 47.7 Å². The van der Waals surface area contributed by atoms with E-state index in [9.17, 15) is 4.79 Å². The Morgan fingerprint density at radius 3 is 2.55 bits per heavy atom. The van der Waals surface area contributed by atoms with E-state index in [0.717, 1.165) is 22.1 Å². The van der Waals surface area contributed by atoms with E-state index in [-0.39, 0.29) is 0 Å². The lowest BCUT2D eigenvalue weighted by Gasteiger charge is -2.07. The van der Waals surface area contributed by atoms with Crippen LogP contribution in [0.3, 0.4) is 0 Å². The fourth-order valence-electron chi connectivity index (χ4n) is 2.26. The fourth-order valence-corrected chi connectivity index (χ4v) is 2.26. The van der Waals surface area contributed by atoms with Crippen LogP contribution in [0.1, 0.15) is 12.5 Å². The summed E-state index contributed by atoms with van der Waals surface area (Å²) in [5, 5.41) is 2.00. The molecule has 100 valence electrons. The second-order valence-electron chi connectivity index (χ2n) is 4.45. The van der Waals surface area contributed by atoms with Gasteiger partial charge >= 0.3 is 5.97 Å². The molecule has 2 aromatic carbocycles. The molecule has 0 amide bonds. The number of ether oxygens (including phenoxy) is 2. The quantitative estimate of drug-likeness (QED) is 0.620. The van der Waals surface area contributed by atoms with E-state index in [2.05, 4.69) is 4.99 Å². The van der Waals surface area contributed by atoms with Gasteiger partial charge in [0.1, 0.15) is 5.75 Å². The normalized spacial score (nSPS) is 16.4. The molecule has 0 spiro atoms. The van der Waals surface area contributed by atoms with Crippen LogP contribution in [0.25, 0.3) is 16.8 Å². The number of carbonyl (C=O) groups excluding carboxylic acids is 1. The van der Waals surface area contributed by atoms with Gasteiger partial charge in [-0.25, -0.2) is 9.79 Å². The zero-order valence-electron chi connectivity index (χ0n) is 11.2. The first-order chi connectivity index (χ1) is 9.69. The topological polar surface area (TPSA) is 47.9 Å². The van der Waals surface area contributed by atoms with Gasteiger partial charge in [-0.15, -0.1) is 0 Å². The van der Waals surface area contributed by atoms with Crippen molar-refractivity contribution in [3.63, 3.8) is 0 Å². The highest BCUT2D eigenvalue weighted by Gasteiger charge is 2.20. The Bertz CT molecular complexity index is 759. The number of cyclic esters (lactones) is 1. The smallest absolute Gasteiger partial charge is 0.363 e. The van der Waals surface area contributed by atoms with Crippen molar-refractivity contribution in [2.45, 2.75) is 6.92 Å². The Hall–Kier alpha value is -2.62. The maximum absolute atomic E-state index is 11.6. The van der Waals surface area contributed by atoms with Crippen LogP contribution >= 0.6 is 0 Å². The Morgan fingerprint density at radius 2 is 1.90 bits per heavy atom. The van der Waals surface area contributed by atoms with Gasteiger partial charge < -0.3 is 9.47 Å². The van der Waals surface area contributed by atoms with Crippen molar-refractivity contribution in [2.75, 3.05) is 7.11 Å². The van der Waals surface area contributed by atoms with Crippen molar-refractivity contribution < 1.29 is 14.3 Å². The SMILES string of the molecule is COc1ccc(/C=C2\N=C(C)OC2=O)c2ccccc12. The molecule has 4 nitrogen and oxygen atoms in total. The van der Waals surface area contributed by atoms with E-state index in [1.807, 2.05) is 36.4 Å². The molecule has 0 atom stereocenters. The van der Waals surface area contributed by atoms with Crippen LogP contribution in [0, 0.1) is 0 Å². The Labute approximate surface area is 116 Å². The average Bonchev–Trinajstić information content (AvgIpc) is 2.77. The lowest BCUT2D eigenvalue weighted by atomic mass is 10.0. The van der Waals surface area contributed by atoms with Crippen molar-refractivity contribution in [1.29, 1.82) is 0 Å². The minimum Gasteiger partial charge on any atom is -0.496 e. The standard InChI is InChI=1S/C16H13NO3/c1-10-17-14(16(18)20-10)9-11-7-8-15(19-2)13-6-4-3-5-12(11)13/h3-9H,1-2H3/b14-9-. The minimum atomic E-state index is -0.414. The van der Waals surface area contributed by atoms with E-state index in [1.54, 1.807) is 20.1 Å². The van der Waals surface area contributed by atoms with Crippen LogP contribution in [0.15, 0.2) is 47.1 Å². The minimum absolute atomic E-state index is 0.317. The molecule has 1 aliphatic heterocycles. The van der Waals surface area contributed by atoms with Gasteiger partial charge in [0.05, 0.1) is 7.11 Å². The lowest BCUT2D eigenvalue weighted by Crippen LogP contribution is -1.99. The number of fused-ring (bicyclic) bond motifs is 1. The Balaban J connectivity index is 2.19. The summed E-state index contributed by atoms with van der Waals surface area (Å²) in [4.78, 5) is 15.7. The summed E-state index contributed by atoms with van der Waals surface area (Å²) < 4.78 is 10.3. The zero-order chi connectivity index (χ0) is 14.1. The summed E-state index contributed by atoms with van der Waals surface area (Å²) in [6.07, 6.45) is 1.74. The molecular weight excluding hydrogens is 254 g/mol. The van der Waals surface area contributed by atoms with Gasteiger partial charge in [-0.1, -0.05) is 30.3 Å². The number of hydrogen-bond donors (Lipinski definition) is 0. The van der Waals surface area contributed by atoms with E-state index in [0.29, 0.717) is 11.6 Å². The van der Waals surface area contributed by atoms with Crippen LogP contribution in [-0.4, -0.2) is 19.0 Å². The predicted molar refractivity (Wildman–Crippen MR) is 77.7 cm³/mol. The first-order valence-corrected chi connectivity index (χ1v) is 6.24. The first-order valence-electron chi connectivity index (χ1n) is 6.24. The van der Waals surface area contributed by atoms with Crippen molar-refractivity contribution in [3.8, 4) is 5.75 Å². The highest BCUT2D eigenvalue weighted by Crippen LogP contribution is 2.30. The molecule has 0 aromatic heterocycles. The van der Waals surface area contributed by atoms with Gasteiger partial charge in [-0.05, 0) is 23.1 Å². The first kappa shape index (κ1) is 12.4. The molecule has 1 aliphatic rings. The number of nitrogens with zero attached hydrogens (tertiary/aromatic N) is 1. The third kappa shape index (κ3) is 2.05. The molecule has 0 N–H and O–H groups in total. The number of benzene rings is 2. The molecule has 2 aromatic rings. The molecule has 0 saturated carbocycles. The van der Waals surface area contributed by atoms with Crippen LogP contribution < -0.4 is 4.74 Å². The maximum Gasteiger partial charge on any atom is 0.363 e. The molecule has 0 saturated heterocycles. The summed E-state index contributed by atoms with van der Waals surface area (Å²) in [5.74, 6) is 0.762. The van der Waals surface area contributed by atoms with E-state index in [1.165, 1.54) is 0 Å². The van der Waals surface area contributed by atoms with Gasteiger partial charge in [0.25, 0.3) is 0 Å². The molecule has 0 fully saturated rings. The average molecular weight is 267 g/mol. The van der Waals surface area contributed by atoms with Gasteiger partial charge in [0, 0.05) is 12.3 Å². The third-order valence-corrected chi connectivity index (χ3v) is 3.16. The molecule has 4 heteroatoms. The van der Waals surface area contributed by atoms with E-state index >= 15 is 0 Å². The van der Waals surface area contributed by atoms with Crippen molar-refractivity contribution in [1.82, 2.24) is 0 Å². The molecule has 3 rings (SSSR count). The van der Waals surface area contributed by atoms with Gasteiger partial charge in [0.15, 0.2) is 11.6 Å². The highest BCUT2D eigenvalue weighted by molar-refractivity contribution is 6.08. The second kappa shape index (κ2) is 4.81. The Kier molecular flexibility index (Phi) is 2.99. The van der Waals surface area contributed by atoms with Gasteiger partial charge in [-0.2, -0.15) is 0 Å². The van der Waals surface area contributed by atoms with Gasteiger partial charge in [0.2, 0.25) is 0 Å². The number of esters is 1. The number of rotatable bonds is 2. The summed E-state index contributed by atoms with van der Waals surface area (Å²) in [6.45, 7) is 1.66.